The molecule has 0 bridgehead atoms. The Morgan fingerprint density at radius 2 is 2.29 bits per heavy atom. The van der Waals surface area contributed by atoms with Gasteiger partial charge in [-0.2, -0.15) is 11.8 Å². The molecule has 4 nitrogen and oxygen atoms in total. The molecule has 0 aliphatic carbocycles. The Bertz CT molecular complexity index is 277. The topological polar surface area (TPSA) is 56.7 Å². The molecule has 80 valence electrons. The monoisotopic (exact) mass is 214 g/mol. The lowest BCUT2D eigenvalue weighted by Crippen LogP contribution is -2.29. The average Bonchev–Trinajstić information content (AvgIpc) is 2.52. The van der Waals surface area contributed by atoms with E-state index in [9.17, 15) is 0 Å². The molecule has 2 N–H and O–H groups in total. The quantitative estimate of drug-likeness (QED) is 0.749. The van der Waals surface area contributed by atoms with Gasteiger partial charge in [0.15, 0.2) is 0 Å². The highest BCUT2D eigenvalue weighted by Crippen LogP contribution is 2.12. The molecule has 0 saturated heterocycles. The molecule has 0 fully saturated rings. The molecular weight excluding hydrogens is 196 g/mol. The molecule has 1 heterocycles. The first kappa shape index (κ1) is 11.5. The van der Waals surface area contributed by atoms with Crippen molar-refractivity contribution in [2.75, 3.05) is 11.5 Å². The Labute approximate surface area is 89.2 Å². The summed E-state index contributed by atoms with van der Waals surface area (Å²) in [5, 5.41) is 8.07. The van der Waals surface area contributed by atoms with Crippen LogP contribution in [0.4, 0.5) is 0 Å². The van der Waals surface area contributed by atoms with Crippen molar-refractivity contribution in [2.45, 2.75) is 32.9 Å². The predicted molar refractivity (Wildman–Crippen MR) is 60.2 cm³/mol. The zero-order valence-electron chi connectivity index (χ0n) is 9.03. The van der Waals surface area contributed by atoms with Crippen LogP contribution in [0.1, 0.15) is 26.5 Å². The maximum atomic E-state index is 5.90. The lowest BCUT2D eigenvalue weighted by Gasteiger charge is -2.13. The average molecular weight is 214 g/mol. The number of hydrogen-bond donors (Lipinski definition) is 1. The molecule has 1 rings (SSSR count). The minimum atomic E-state index is -0.393. The van der Waals surface area contributed by atoms with Crippen molar-refractivity contribution in [1.82, 2.24) is 15.0 Å². The first-order chi connectivity index (χ1) is 6.54. The van der Waals surface area contributed by atoms with E-state index in [4.69, 9.17) is 5.73 Å². The van der Waals surface area contributed by atoms with Crippen LogP contribution < -0.4 is 5.73 Å². The van der Waals surface area contributed by atoms with Gasteiger partial charge in [0.1, 0.15) is 5.69 Å². The first-order valence-corrected chi connectivity index (χ1v) is 5.96. The van der Waals surface area contributed by atoms with Crippen LogP contribution in [-0.4, -0.2) is 26.5 Å². The Morgan fingerprint density at radius 3 is 2.79 bits per heavy atom. The number of hydrogen-bond acceptors (Lipinski definition) is 4. The molecule has 0 spiro atoms. The van der Waals surface area contributed by atoms with Crippen LogP contribution in [0.5, 0.6) is 0 Å². The second kappa shape index (κ2) is 4.79. The van der Waals surface area contributed by atoms with Gasteiger partial charge in [-0.25, -0.2) is 0 Å². The van der Waals surface area contributed by atoms with Crippen LogP contribution in [0.3, 0.4) is 0 Å². The molecule has 0 atom stereocenters. The molecule has 0 amide bonds. The van der Waals surface area contributed by atoms with Crippen molar-refractivity contribution in [3.8, 4) is 0 Å². The number of nitrogens with two attached hydrogens (primary N) is 1. The fraction of sp³-hybridized carbons (Fsp3) is 0.778. The minimum absolute atomic E-state index is 0.393. The van der Waals surface area contributed by atoms with Crippen LogP contribution >= 0.6 is 11.8 Å². The fourth-order valence-corrected chi connectivity index (χ4v) is 1.61. The van der Waals surface area contributed by atoms with Gasteiger partial charge >= 0.3 is 0 Å². The normalized spacial score (nSPS) is 12.0. The standard InChI is InChI=1S/C9H18N4S/c1-4-14-6-5-13-7-8(11-12-13)9(2,3)10/h7H,4-6,10H2,1-3H3. The first-order valence-electron chi connectivity index (χ1n) is 4.81. The summed E-state index contributed by atoms with van der Waals surface area (Å²) in [6.07, 6.45) is 1.93. The van der Waals surface area contributed by atoms with E-state index < -0.39 is 5.54 Å². The number of thioether (sulfide) groups is 1. The Hall–Kier alpha value is -0.550. The number of aromatic nitrogens is 3. The van der Waals surface area contributed by atoms with Crippen molar-refractivity contribution in [3.05, 3.63) is 11.9 Å². The summed E-state index contributed by atoms with van der Waals surface area (Å²) >= 11 is 1.90. The summed E-state index contributed by atoms with van der Waals surface area (Å²) in [4.78, 5) is 0. The van der Waals surface area contributed by atoms with Crippen LogP contribution in [0, 0.1) is 0 Å². The van der Waals surface area contributed by atoms with Gasteiger partial charge < -0.3 is 5.73 Å². The maximum absolute atomic E-state index is 5.90. The predicted octanol–water partition coefficient (Wildman–Crippen LogP) is 1.22. The number of rotatable bonds is 5. The molecule has 0 unspecified atom stereocenters. The van der Waals surface area contributed by atoms with Gasteiger partial charge in [-0.15, -0.1) is 5.10 Å². The third kappa shape index (κ3) is 3.31. The summed E-state index contributed by atoms with van der Waals surface area (Å²) in [5.41, 5.74) is 6.36. The second-order valence-electron chi connectivity index (χ2n) is 3.79. The van der Waals surface area contributed by atoms with Crippen molar-refractivity contribution < 1.29 is 0 Å². The van der Waals surface area contributed by atoms with Gasteiger partial charge in [-0.05, 0) is 19.6 Å². The smallest absolute Gasteiger partial charge is 0.102 e. The molecule has 0 radical (unpaired) electrons. The van der Waals surface area contributed by atoms with Gasteiger partial charge in [0, 0.05) is 5.75 Å². The maximum Gasteiger partial charge on any atom is 0.102 e. The lowest BCUT2D eigenvalue weighted by molar-refractivity contribution is 0.533. The summed E-state index contributed by atoms with van der Waals surface area (Å²) in [6.45, 7) is 6.92. The van der Waals surface area contributed by atoms with E-state index >= 15 is 0 Å². The highest BCUT2D eigenvalue weighted by Gasteiger charge is 2.17. The third-order valence-electron chi connectivity index (χ3n) is 1.87. The Kier molecular flexibility index (Phi) is 3.95. The summed E-state index contributed by atoms with van der Waals surface area (Å²) in [7, 11) is 0. The SMILES string of the molecule is CCSCCn1cc(C(C)(C)N)nn1. The van der Waals surface area contributed by atoms with Crippen molar-refractivity contribution in [3.63, 3.8) is 0 Å². The molecule has 0 saturated carbocycles. The van der Waals surface area contributed by atoms with Crippen molar-refractivity contribution >= 4 is 11.8 Å². The zero-order chi connectivity index (χ0) is 10.6. The van der Waals surface area contributed by atoms with Crippen LogP contribution in [0.25, 0.3) is 0 Å². The van der Waals surface area contributed by atoms with Gasteiger partial charge in [-0.3, -0.25) is 4.68 Å². The largest absolute Gasteiger partial charge is 0.320 e. The van der Waals surface area contributed by atoms with E-state index in [0.29, 0.717) is 0 Å². The van der Waals surface area contributed by atoms with E-state index in [0.717, 1.165) is 23.7 Å². The van der Waals surface area contributed by atoms with E-state index in [-0.39, 0.29) is 0 Å². The van der Waals surface area contributed by atoms with Crippen LogP contribution in [0.2, 0.25) is 0 Å². The van der Waals surface area contributed by atoms with Crippen LogP contribution in [-0.2, 0) is 12.1 Å². The number of nitrogens with zero attached hydrogens (tertiary/aromatic N) is 3. The molecular formula is C9H18N4S. The summed E-state index contributed by atoms with van der Waals surface area (Å²) in [6, 6.07) is 0. The summed E-state index contributed by atoms with van der Waals surface area (Å²) in [5.74, 6) is 2.22. The molecule has 0 aromatic carbocycles. The molecule has 0 aliphatic heterocycles. The summed E-state index contributed by atoms with van der Waals surface area (Å²) < 4.78 is 1.85. The molecule has 5 heteroatoms. The fourth-order valence-electron chi connectivity index (χ4n) is 1.01. The Balaban J connectivity index is 2.51. The molecule has 14 heavy (non-hydrogen) atoms. The highest BCUT2D eigenvalue weighted by molar-refractivity contribution is 7.99. The highest BCUT2D eigenvalue weighted by atomic mass is 32.2. The van der Waals surface area contributed by atoms with E-state index in [1.165, 1.54) is 0 Å². The van der Waals surface area contributed by atoms with E-state index in [2.05, 4.69) is 17.2 Å². The lowest BCUT2D eigenvalue weighted by atomic mass is 10.0. The molecule has 1 aromatic heterocycles. The second-order valence-corrected chi connectivity index (χ2v) is 5.18. The van der Waals surface area contributed by atoms with Crippen LogP contribution in [0.15, 0.2) is 6.20 Å². The van der Waals surface area contributed by atoms with E-state index in [1.54, 1.807) is 0 Å². The van der Waals surface area contributed by atoms with Gasteiger partial charge in [-0.1, -0.05) is 12.1 Å². The third-order valence-corrected chi connectivity index (χ3v) is 2.75. The van der Waals surface area contributed by atoms with Gasteiger partial charge in [0.05, 0.1) is 18.3 Å². The van der Waals surface area contributed by atoms with Crippen molar-refractivity contribution in [2.24, 2.45) is 5.73 Å². The number of aryl methyl sites for hydroxylation is 1. The Morgan fingerprint density at radius 1 is 1.57 bits per heavy atom. The molecule has 0 aliphatic rings. The van der Waals surface area contributed by atoms with Crippen molar-refractivity contribution in [1.29, 1.82) is 0 Å². The van der Waals surface area contributed by atoms with Gasteiger partial charge in [0.25, 0.3) is 0 Å². The molecule has 1 aromatic rings. The zero-order valence-corrected chi connectivity index (χ0v) is 9.84. The van der Waals surface area contributed by atoms with E-state index in [1.807, 2.05) is 36.5 Å². The van der Waals surface area contributed by atoms with Gasteiger partial charge in [0.2, 0.25) is 0 Å². The minimum Gasteiger partial charge on any atom is -0.320 e.